The van der Waals surface area contributed by atoms with E-state index in [4.69, 9.17) is 33.0 Å². The molecule has 148 valence electrons. The van der Waals surface area contributed by atoms with Crippen LogP contribution < -0.4 is 0 Å². The van der Waals surface area contributed by atoms with E-state index in [1.165, 1.54) is 12.1 Å². The summed E-state index contributed by atoms with van der Waals surface area (Å²) < 4.78 is 38.6. The molecule has 0 bridgehead atoms. The van der Waals surface area contributed by atoms with Gasteiger partial charge in [0.05, 0.1) is 0 Å². The quantitative estimate of drug-likeness (QED) is 0.222. The zero-order valence-corrected chi connectivity index (χ0v) is 18.6. The van der Waals surface area contributed by atoms with Gasteiger partial charge in [0.15, 0.2) is 0 Å². The highest BCUT2D eigenvalue weighted by Crippen LogP contribution is 2.60. The van der Waals surface area contributed by atoms with Crippen molar-refractivity contribution >= 4 is 58.5 Å². The van der Waals surface area contributed by atoms with Gasteiger partial charge in [0, 0.05) is 25.0 Å². The van der Waals surface area contributed by atoms with Gasteiger partial charge in [-0.05, 0) is 54.8 Å². The first kappa shape index (κ1) is 23.1. The molecule has 0 atom stereocenters. The molecule has 2 aromatic rings. The summed E-state index contributed by atoms with van der Waals surface area (Å²) in [4.78, 5) is 18.7. The number of thioether (sulfide) groups is 1. The van der Waals surface area contributed by atoms with Gasteiger partial charge in [-0.25, -0.2) is 0 Å². The largest absolute Gasteiger partial charge is 0.399 e. The Hall–Kier alpha value is -0.140. The Bertz CT molecular complexity index is 844. The molecule has 2 aromatic carbocycles. The Kier molecular flexibility index (Phi) is 8.20. The van der Waals surface area contributed by atoms with Crippen molar-refractivity contribution in [3.63, 3.8) is 0 Å². The van der Waals surface area contributed by atoms with Gasteiger partial charge in [-0.1, -0.05) is 51.3 Å². The zero-order chi connectivity index (χ0) is 20.2. The molecular weight excluding hydrogens is 504 g/mol. The minimum absolute atomic E-state index is 0.0173. The Balaban J connectivity index is 1.88. The Labute approximate surface area is 178 Å². The molecule has 3 nitrogen and oxygen atoms in total. The number of alkyl halides is 2. The van der Waals surface area contributed by atoms with E-state index in [1.807, 2.05) is 12.1 Å². The van der Waals surface area contributed by atoms with Crippen LogP contribution in [-0.2, 0) is 16.6 Å². The number of rotatable bonds is 8. The van der Waals surface area contributed by atoms with Gasteiger partial charge >= 0.3 is 13.3 Å². The third-order valence-electron chi connectivity index (χ3n) is 3.69. The minimum Gasteiger partial charge on any atom is -0.320 e. The lowest BCUT2D eigenvalue weighted by molar-refractivity contribution is 0.0557. The highest BCUT2D eigenvalue weighted by molar-refractivity contribution is 9.10. The number of hydrogen-bond acceptors (Lipinski definition) is 2. The van der Waals surface area contributed by atoms with Gasteiger partial charge in [-0.3, -0.25) is 4.57 Å². The number of unbranched alkanes of at least 4 members (excludes halogenated alkanes) is 1. The van der Waals surface area contributed by atoms with Crippen molar-refractivity contribution in [3.8, 4) is 0 Å². The van der Waals surface area contributed by atoms with Crippen LogP contribution in [0.15, 0.2) is 45.8 Å². The summed E-state index contributed by atoms with van der Waals surface area (Å²) in [6.45, 7) is 0. The molecule has 0 aromatic heterocycles. The van der Waals surface area contributed by atoms with Crippen molar-refractivity contribution < 1.29 is 23.1 Å². The fraction of sp³-hybridized carbons (Fsp3) is 0.294. The average Bonchev–Trinajstić information content (AvgIpc) is 2.52. The predicted molar refractivity (Wildman–Crippen MR) is 110 cm³/mol. The maximum absolute atomic E-state index is 13.8. The summed E-state index contributed by atoms with van der Waals surface area (Å²) in [5.74, 6) is 0.853. The summed E-state index contributed by atoms with van der Waals surface area (Å²) in [7, 11) is -5.58. The van der Waals surface area contributed by atoms with Crippen molar-refractivity contribution in [1.82, 2.24) is 0 Å². The van der Waals surface area contributed by atoms with E-state index in [0.29, 0.717) is 16.5 Å². The van der Waals surface area contributed by atoms with Gasteiger partial charge < -0.3 is 9.79 Å². The van der Waals surface area contributed by atoms with Crippen LogP contribution in [-0.4, -0.2) is 15.5 Å². The van der Waals surface area contributed by atoms with E-state index in [9.17, 15) is 13.3 Å². The second-order valence-electron chi connectivity index (χ2n) is 5.81. The molecule has 10 heteroatoms. The van der Waals surface area contributed by atoms with E-state index in [-0.39, 0.29) is 4.47 Å². The van der Waals surface area contributed by atoms with Crippen LogP contribution in [0.3, 0.4) is 0 Å². The van der Waals surface area contributed by atoms with Crippen LogP contribution in [0, 0.1) is 0 Å². The Morgan fingerprint density at radius 2 is 1.70 bits per heavy atom. The molecule has 2 N–H and O–H groups in total. The van der Waals surface area contributed by atoms with Crippen LogP contribution in [0.1, 0.15) is 24.0 Å². The smallest absolute Gasteiger partial charge is 0.320 e. The second-order valence-corrected chi connectivity index (χ2v) is 10.4. The number of hydrogen-bond donors (Lipinski definition) is 2. The molecule has 0 fully saturated rings. The number of benzene rings is 2. The lowest BCUT2D eigenvalue weighted by atomic mass is 10.1. The fourth-order valence-electron chi connectivity index (χ4n) is 2.35. The van der Waals surface area contributed by atoms with Crippen molar-refractivity contribution in [2.24, 2.45) is 0 Å². The summed E-state index contributed by atoms with van der Waals surface area (Å²) in [6.07, 6.45) is 2.39. The molecule has 0 aliphatic rings. The van der Waals surface area contributed by atoms with Crippen LogP contribution in [0.4, 0.5) is 8.78 Å². The summed E-state index contributed by atoms with van der Waals surface area (Å²) in [5, 5.41) is 1.17. The van der Waals surface area contributed by atoms with Crippen molar-refractivity contribution in [1.29, 1.82) is 0 Å². The van der Waals surface area contributed by atoms with Gasteiger partial charge in [-0.2, -0.15) is 8.78 Å². The van der Waals surface area contributed by atoms with Crippen molar-refractivity contribution in [3.05, 3.63) is 62.0 Å². The van der Waals surface area contributed by atoms with Crippen molar-refractivity contribution in [2.75, 3.05) is 5.75 Å². The summed E-state index contributed by atoms with van der Waals surface area (Å²) in [5.41, 5.74) is -4.13. The third kappa shape index (κ3) is 6.43. The SMILES string of the molecule is O=P(O)(O)C(F)(F)c1ccc(CCCCSc2cc(Cl)cc(Cl)c2)cc1Br. The number of halogens is 5. The van der Waals surface area contributed by atoms with E-state index < -0.39 is 18.8 Å². The maximum Gasteiger partial charge on any atom is 0.399 e. The van der Waals surface area contributed by atoms with Crippen LogP contribution in [0.2, 0.25) is 10.0 Å². The Morgan fingerprint density at radius 1 is 1.07 bits per heavy atom. The molecule has 0 unspecified atom stereocenters. The molecule has 0 saturated heterocycles. The lowest BCUT2D eigenvalue weighted by Crippen LogP contribution is -2.14. The van der Waals surface area contributed by atoms with Gasteiger partial charge in [0.1, 0.15) is 0 Å². The van der Waals surface area contributed by atoms with Gasteiger partial charge in [0.25, 0.3) is 0 Å². The predicted octanol–water partition coefficient (Wildman–Crippen LogP) is 7.10. The first-order valence-corrected chi connectivity index (χ1v) is 12.0. The molecular formula is C17H16BrCl2F2O3PS. The van der Waals surface area contributed by atoms with E-state index >= 15 is 0 Å². The second kappa shape index (κ2) is 9.57. The first-order chi connectivity index (χ1) is 12.5. The summed E-state index contributed by atoms with van der Waals surface area (Å²) >= 11 is 16.5. The molecule has 0 aliphatic carbocycles. The van der Waals surface area contributed by atoms with E-state index in [2.05, 4.69) is 15.9 Å². The summed E-state index contributed by atoms with van der Waals surface area (Å²) in [6, 6.07) is 9.35. The highest BCUT2D eigenvalue weighted by Gasteiger charge is 2.51. The van der Waals surface area contributed by atoms with Crippen LogP contribution in [0.5, 0.6) is 0 Å². The monoisotopic (exact) mass is 518 g/mol. The lowest BCUT2D eigenvalue weighted by Gasteiger charge is -2.19. The van der Waals surface area contributed by atoms with E-state index in [0.717, 1.165) is 35.1 Å². The Morgan fingerprint density at radius 3 is 2.26 bits per heavy atom. The van der Waals surface area contributed by atoms with Crippen LogP contribution >= 0.6 is 58.5 Å². The minimum atomic E-state index is -5.58. The molecule has 2 rings (SSSR count). The normalized spacial score (nSPS) is 12.4. The van der Waals surface area contributed by atoms with Gasteiger partial charge in [0.2, 0.25) is 0 Å². The molecule has 0 aliphatic heterocycles. The topological polar surface area (TPSA) is 57.5 Å². The molecule has 27 heavy (non-hydrogen) atoms. The van der Waals surface area contributed by atoms with Gasteiger partial charge in [-0.15, -0.1) is 11.8 Å². The molecule has 0 heterocycles. The highest BCUT2D eigenvalue weighted by atomic mass is 79.9. The average molecular weight is 520 g/mol. The molecule has 0 saturated carbocycles. The van der Waals surface area contributed by atoms with Crippen molar-refractivity contribution in [2.45, 2.75) is 29.8 Å². The molecule has 0 radical (unpaired) electrons. The number of aryl methyl sites for hydroxylation is 1. The fourth-order valence-corrected chi connectivity index (χ4v) is 5.35. The molecule has 0 amide bonds. The zero-order valence-electron chi connectivity index (χ0n) is 13.8. The standard InChI is InChI=1S/C17H16BrCl2F2O3PS/c18-16-7-11(4-5-15(16)17(21,22)26(23,24)25)3-1-2-6-27-14-9-12(19)8-13(20)10-14/h4-5,7-10H,1-3,6H2,(H2,23,24,25). The maximum atomic E-state index is 13.8. The van der Waals surface area contributed by atoms with E-state index in [1.54, 1.807) is 17.8 Å². The third-order valence-corrected chi connectivity index (χ3v) is 6.81. The van der Waals surface area contributed by atoms with Crippen LogP contribution in [0.25, 0.3) is 0 Å². The first-order valence-electron chi connectivity index (χ1n) is 7.82. The molecule has 0 spiro atoms.